The zero-order valence-corrected chi connectivity index (χ0v) is 14.4. The lowest BCUT2D eigenvalue weighted by Crippen LogP contribution is -2.53. The fourth-order valence-corrected chi connectivity index (χ4v) is 2.69. The number of hydrogen-bond acceptors (Lipinski definition) is 6. The number of aromatic amines is 1. The van der Waals surface area contributed by atoms with E-state index in [1.807, 2.05) is 17.0 Å². The number of H-pyrrole nitrogens is 1. The summed E-state index contributed by atoms with van der Waals surface area (Å²) in [5, 5.41) is 2.89. The number of nitrogens with zero attached hydrogens (tertiary/aromatic N) is 4. The Balaban J connectivity index is 1.35. The molecule has 2 aromatic rings. The van der Waals surface area contributed by atoms with E-state index in [1.165, 1.54) is 6.20 Å². The number of carbonyl (C=O) groups is 1. The normalized spacial score (nSPS) is 14.2. The van der Waals surface area contributed by atoms with Crippen LogP contribution in [0.25, 0.3) is 0 Å². The van der Waals surface area contributed by atoms with Crippen LogP contribution in [0.3, 0.4) is 0 Å². The Morgan fingerprint density at radius 1 is 1.27 bits per heavy atom. The van der Waals surface area contributed by atoms with Crippen LogP contribution in [0, 0.1) is 0 Å². The summed E-state index contributed by atoms with van der Waals surface area (Å²) in [5.41, 5.74) is -0.209. The molecule has 1 aliphatic rings. The molecule has 26 heavy (non-hydrogen) atoms. The Kier molecular flexibility index (Phi) is 6.02. The number of ether oxygens (including phenoxy) is 1. The van der Waals surface area contributed by atoms with Crippen molar-refractivity contribution >= 4 is 11.8 Å². The zero-order chi connectivity index (χ0) is 18.2. The minimum atomic E-state index is -0.209. The highest BCUT2D eigenvalue weighted by atomic mass is 16.5. The Morgan fingerprint density at radius 2 is 2.12 bits per heavy atom. The van der Waals surface area contributed by atoms with E-state index in [9.17, 15) is 9.59 Å². The van der Waals surface area contributed by atoms with Crippen LogP contribution in [0.4, 0.5) is 10.6 Å². The molecule has 3 heterocycles. The number of piperazine rings is 1. The van der Waals surface area contributed by atoms with Crippen molar-refractivity contribution < 1.29 is 9.53 Å². The lowest BCUT2D eigenvalue weighted by Gasteiger charge is -2.34. The smallest absolute Gasteiger partial charge is 0.317 e. The fraction of sp³-hybridized carbons (Fsp3) is 0.412. The minimum absolute atomic E-state index is 0.0963. The second kappa shape index (κ2) is 8.84. The van der Waals surface area contributed by atoms with E-state index in [0.29, 0.717) is 51.6 Å². The van der Waals surface area contributed by atoms with E-state index in [0.717, 1.165) is 5.75 Å². The second-order valence-electron chi connectivity index (χ2n) is 5.84. The summed E-state index contributed by atoms with van der Waals surface area (Å²) >= 11 is 0. The van der Waals surface area contributed by atoms with Crippen molar-refractivity contribution in [2.45, 2.75) is 6.42 Å². The van der Waals surface area contributed by atoms with Crippen LogP contribution in [0.2, 0.25) is 0 Å². The average molecular weight is 358 g/mol. The third-order valence-corrected chi connectivity index (χ3v) is 4.06. The first kappa shape index (κ1) is 17.7. The van der Waals surface area contributed by atoms with Gasteiger partial charge >= 0.3 is 6.03 Å². The molecule has 0 radical (unpaired) electrons. The fourth-order valence-electron chi connectivity index (χ4n) is 2.69. The van der Waals surface area contributed by atoms with E-state index in [2.05, 4.69) is 20.3 Å². The second-order valence-corrected chi connectivity index (χ2v) is 5.84. The SMILES string of the molecule is O=C(NCCCOc1cccnc1)N1CCN(c2ncc[nH]c2=O)CC1. The predicted molar refractivity (Wildman–Crippen MR) is 96.4 cm³/mol. The van der Waals surface area contributed by atoms with Gasteiger partial charge in [0.15, 0.2) is 5.82 Å². The number of pyridine rings is 1. The number of carbonyl (C=O) groups excluding carboxylic acids is 1. The maximum absolute atomic E-state index is 12.2. The van der Waals surface area contributed by atoms with Gasteiger partial charge in [0.1, 0.15) is 5.75 Å². The molecule has 1 aliphatic heterocycles. The Morgan fingerprint density at radius 3 is 2.85 bits per heavy atom. The molecule has 9 nitrogen and oxygen atoms in total. The number of urea groups is 1. The molecule has 0 bridgehead atoms. The van der Waals surface area contributed by atoms with Crippen LogP contribution < -0.4 is 20.5 Å². The Hall–Kier alpha value is -3.10. The van der Waals surface area contributed by atoms with Crippen molar-refractivity contribution in [2.75, 3.05) is 44.2 Å². The van der Waals surface area contributed by atoms with Gasteiger partial charge in [-0.05, 0) is 18.6 Å². The van der Waals surface area contributed by atoms with Crippen molar-refractivity contribution in [2.24, 2.45) is 0 Å². The molecule has 0 saturated carbocycles. The average Bonchev–Trinajstić information content (AvgIpc) is 2.69. The number of amides is 2. The molecular weight excluding hydrogens is 336 g/mol. The van der Waals surface area contributed by atoms with E-state index < -0.39 is 0 Å². The van der Waals surface area contributed by atoms with Crippen molar-refractivity contribution in [3.8, 4) is 5.75 Å². The summed E-state index contributed by atoms with van der Waals surface area (Å²) in [5.74, 6) is 1.12. The topological polar surface area (TPSA) is 103 Å². The minimum Gasteiger partial charge on any atom is -0.492 e. The van der Waals surface area contributed by atoms with E-state index in [1.54, 1.807) is 23.5 Å². The van der Waals surface area contributed by atoms with Crippen molar-refractivity contribution in [3.63, 3.8) is 0 Å². The van der Waals surface area contributed by atoms with Gasteiger partial charge in [-0.3, -0.25) is 9.78 Å². The monoisotopic (exact) mass is 358 g/mol. The van der Waals surface area contributed by atoms with Gasteiger partial charge in [0.05, 0.1) is 12.8 Å². The van der Waals surface area contributed by atoms with Gasteiger partial charge in [-0.15, -0.1) is 0 Å². The molecule has 0 aliphatic carbocycles. The third kappa shape index (κ3) is 4.71. The van der Waals surface area contributed by atoms with Gasteiger partial charge in [0.2, 0.25) is 0 Å². The van der Waals surface area contributed by atoms with E-state index >= 15 is 0 Å². The molecule has 2 amide bonds. The van der Waals surface area contributed by atoms with E-state index in [-0.39, 0.29) is 11.6 Å². The maximum Gasteiger partial charge on any atom is 0.317 e. The summed E-state index contributed by atoms with van der Waals surface area (Å²) in [4.78, 5) is 38.3. The summed E-state index contributed by atoms with van der Waals surface area (Å²) in [6.45, 7) is 3.32. The molecule has 0 unspecified atom stereocenters. The number of nitrogens with one attached hydrogen (secondary N) is 2. The van der Waals surface area contributed by atoms with Crippen LogP contribution in [0.15, 0.2) is 41.7 Å². The summed E-state index contributed by atoms with van der Waals surface area (Å²) in [6.07, 6.45) is 7.13. The highest BCUT2D eigenvalue weighted by molar-refractivity contribution is 5.74. The van der Waals surface area contributed by atoms with Gasteiger partial charge in [-0.2, -0.15) is 0 Å². The van der Waals surface area contributed by atoms with Gasteiger partial charge < -0.3 is 24.8 Å². The maximum atomic E-state index is 12.2. The molecule has 9 heteroatoms. The summed E-state index contributed by atoms with van der Waals surface area (Å²) < 4.78 is 5.53. The molecule has 0 spiro atoms. The molecule has 0 aromatic carbocycles. The van der Waals surface area contributed by atoms with Crippen LogP contribution in [0.1, 0.15) is 6.42 Å². The zero-order valence-electron chi connectivity index (χ0n) is 14.4. The first-order valence-electron chi connectivity index (χ1n) is 8.58. The number of hydrogen-bond donors (Lipinski definition) is 2. The summed E-state index contributed by atoms with van der Waals surface area (Å²) in [6, 6.07) is 3.56. The Bertz CT molecular complexity index is 758. The highest BCUT2D eigenvalue weighted by Crippen LogP contribution is 2.08. The standard InChI is InChI=1S/C17H22N6O3/c24-16-15(19-6-7-20-16)22-8-10-23(11-9-22)17(25)21-5-2-12-26-14-3-1-4-18-13-14/h1,3-4,6-7,13H,2,5,8-12H2,(H,20,24)(H,21,25). The summed E-state index contributed by atoms with van der Waals surface area (Å²) in [7, 11) is 0. The van der Waals surface area contributed by atoms with Gasteiger partial charge in [0, 0.05) is 51.3 Å². The lowest BCUT2D eigenvalue weighted by molar-refractivity contribution is 0.193. The Labute approximate surface area is 151 Å². The van der Waals surface area contributed by atoms with Gasteiger partial charge in [-0.25, -0.2) is 9.78 Å². The molecule has 138 valence electrons. The predicted octanol–water partition coefficient (Wildman–Crippen LogP) is 0.466. The van der Waals surface area contributed by atoms with Crippen LogP contribution >= 0.6 is 0 Å². The molecule has 2 aromatic heterocycles. The first-order chi connectivity index (χ1) is 12.7. The van der Waals surface area contributed by atoms with Crippen molar-refractivity contribution in [1.82, 2.24) is 25.2 Å². The quantitative estimate of drug-likeness (QED) is 0.728. The number of aromatic nitrogens is 3. The molecule has 1 fully saturated rings. The first-order valence-corrected chi connectivity index (χ1v) is 8.58. The molecule has 0 atom stereocenters. The van der Waals surface area contributed by atoms with Crippen molar-refractivity contribution in [3.05, 3.63) is 47.3 Å². The molecule has 2 N–H and O–H groups in total. The number of anilines is 1. The highest BCUT2D eigenvalue weighted by Gasteiger charge is 2.22. The number of rotatable bonds is 6. The molecule has 1 saturated heterocycles. The largest absolute Gasteiger partial charge is 0.492 e. The molecule has 3 rings (SSSR count). The van der Waals surface area contributed by atoms with Gasteiger partial charge in [-0.1, -0.05) is 0 Å². The lowest BCUT2D eigenvalue weighted by atomic mass is 10.3. The van der Waals surface area contributed by atoms with Crippen LogP contribution in [-0.4, -0.2) is 65.2 Å². The third-order valence-electron chi connectivity index (χ3n) is 4.06. The van der Waals surface area contributed by atoms with E-state index in [4.69, 9.17) is 4.74 Å². The van der Waals surface area contributed by atoms with Crippen LogP contribution in [0.5, 0.6) is 5.75 Å². The molecular formula is C17H22N6O3. The van der Waals surface area contributed by atoms with Gasteiger partial charge in [0.25, 0.3) is 5.56 Å². The van der Waals surface area contributed by atoms with Crippen LogP contribution in [-0.2, 0) is 0 Å². The van der Waals surface area contributed by atoms with Crippen molar-refractivity contribution in [1.29, 1.82) is 0 Å².